The molecule has 2 aromatic heterocycles. The van der Waals surface area contributed by atoms with Crippen LogP contribution >= 0.6 is 0 Å². The first kappa shape index (κ1) is 10.2. The van der Waals surface area contributed by atoms with E-state index >= 15 is 0 Å². The van der Waals surface area contributed by atoms with Crippen LogP contribution in [-0.4, -0.2) is 37.4 Å². The van der Waals surface area contributed by atoms with Crippen molar-refractivity contribution in [1.29, 1.82) is 0 Å². The Balaban J connectivity index is 2.06. The minimum atomic E-state index is -1.07. The highest BCUT2D eigenvalue weighted by molar-refractivity contribution is 5.82. The topological polar surface area (TPSA) is 89.9 Å². The van der Waals surface area contributed by atoms with Gasteiger partial charge in [0, 0.05) is 12.1 Å². The van der Waals surface area contributed by atoms with Gasteiger partial charge < -0.3 is 10.8 Å². The zero-order valence-electron chi connectivity index (χ0n) is 8.79. The molecule has 0 aromatic carbocycles. The maximum Gasteiger partial charge on any atom is 0.169 e. The fourth-order valence-electron chi connectivity index (χ4n) is 1.79. The number of aromatic nitrogens is 4. The second kappa shape index (κ2) is 3.49. The van der Waals surface area contributed by atoms with Crippen LogP contribution in [0.15, 0.2) is 18.2 Å². The Bertz CT molecular complexity index is 608. The van der Waals surface area contributed by atoms with E-state index in [9.17, 15) is 4.39 Å². The van der Waals surface area contributed by atoms with Crippen LogP contribution < -0.4 is 5.73 Å². The number of nitrogen functional groups attached to an aromatic ring is 1. The number of anilines is 1. The summed E-state index contributed by atoms with van der Waals surface area (Å²) in [7, 11) is 0. The Hall–Kier alpha value is -2.02. The molecule has 0 amide bonds. The van der Waals surface area contributed by atoms with Gasteiger partial charge in [0.25, 0.3) is 0 Å². The summed E-state index contributed by atoms with van der Waals surface area (Å²) in [5, 5.41) is 8.88. The maximum atomic E-state index is 13.2. The summed E-state index contributed by atoms with van der Waals surface area (Å²) in [5.74, 6) is -0.106. The largest absolute Gasteiger partial charge is 0.396 e. The third-order valence-corrected chi connectivity index (χ3v) is 2.86. The molecule has 17 heavy (non-hydrogen) atoms. The number of hydrogen-bond acceptors (Lipinski definition) is 5. The second-order valence-corrected chi connectivity index (χ2v) is 3.90. The van der Waals surface area contributed by atoms with Gasteiger partial charge in [-0.1, -0.05) is 0 Å². The van der Waals surface area contributed by atoms with Crippen molar-refractivity contribution in [3.8, 4) is 0 Å². The Labute approximate surface area is 95.6 Å². The van der Waals surface area contributed by atoms with Crippen molar-refractivity contribution in [2.75, 3.05) is 12.3 Å². The molecule has 1 fully saturated rings. The van der Waals surface area contributed by atoms with Crippen molar-refractivity contribution in [2.24, 2.45) is 5.92 Å². The van der Waals surface area contributed by atoms with E-state index < -0.39 is 12.1 Å². The Morgan fingerprint density at radius 3 is 3.00 bits per heavy atom. The average Bonchev–Trinajstić information content (AvgIpc) is 2.74. The molecule has 6 nitrogen and oxygen atoms in total. The van der Waals surface area contributed by atoms with E-state index in [0.717, 1.165) is 0 Å². The molecule has 0 aliphatic heterocycles. The van der Waals surface area contributed by atoms with Crippen molar-refractivity contribution >= 4 is 23.2 Å². The quantitative estimate of drug-likeness (QED) is 0.776. The van der Waals surface area contributed by atoms with Gasteiger partial charge in [0.1, 0.15) is 18.8 Å². The molecular formula is C10H10FN5O. The molecule has 0 bridgehead atoms. The molecule has 88 valence electrons. The lowest BCUT2D eigenvalue weighted by molar-refractivity contribution is 0.259. The first-order chi connectivity index (χ1) is 8.22. The molecule has 1 saturated carbocycles. The molecule has 3 N–H and O–H groups in total. The smallest absolute Gasteiger partial charge is 0.169 e. The number of nitrogens with two attached hydrogens (primary N) is 1. The molecule has 1 aliphatic carbocycles. The van der Waals surface area contributed by atoms with E-state index in [-0.39, 0.29) is 6.61 Å². The number of nitrogens with zero attached hydrogens (tertiary/aromatic N) is 4. The standard InChI is InChI=1S/C10H10FN5O/c11-7-5(6(7)2-17)1-16-4-15-8-9(12)13-3-14-10(8)16/h1,3-4,6-7,17H,2H2,(H2,12,13,14)/b5-1-/t6-,7?/m0/s1. The van der Waals surface area contributed by atoms with Crippen molar-refractivity contribution in [3.05, 3.63) is 18.2 Å². The monoisotopic (exact) mass is 235 g/mol. The summed E-state index contributed by atoms with van der Waals surface area (Å²) in [4.78, 5) is 11.9. The maximum absolute atomic E-state index is 13.2. The average molecular weight is 235 g/mol. The van der Waals surface area contributed by atoms with E-state index in [1.54, 1.807) is 10.8 Å². The zero-order valence-corrected chi connectivity index (χ0v) is 8.79. The lowest BCUT2D eigenvalue weighted by Crippen LogP contribution is -1.94. The molecule has 0 spiro atoms. The molecule has 2 atom stereocenters. The van der Waals surface area contributed by atoms with Gasteiger partial charge in [-0.3, -0.25) is 4.57 Å². The van der Waals surface area contributed by atoms with Crippen LogP contribution in [0.2, 0.25) is 0 Å². The van der Waals surface area contributed by atoms with Crippen LogP contribution in [-0.2, 0) is 0 Å². The SMILES string of the molecule is Nc1ncnc2c1ncn2/C=C1\C(F)[C@H]1CO. The van der Waals surface area contributed by atoms with Crippen LogP contribution in [0.5, 0.6) is 0 Å². The van der Waals surface area contributed by atoms with Crippen molar-refractivity contribution in [3.63, 3.8) is 0 Å². The summed E-state index contributed by atoms with van der Waals surface area (Å²) in [6.07, 6.45) is 3.35. The van der Waals surface area contributed by atoms with Gasteiger partial charge in [0.2, 0.25) is 0 Å². The molecule has 7 heteroatoms. The fourth-order valence-corrected chi connectivity index (χ4v) is 1.79. The summed E-state index contributed by atoms with van der Waals surface area (Å²) in [6.45, 7) is -0.184. The number of aliphatic hydroxyl groups is 1. The third-order valence-electron chi connectivity index (χ3n) is 2.86. The predicted octanol–water partition coefficient (Wildman–Crippen LogP) is 0.210. The van der Waals surface area contributed by atoms with Crippen LogP contribution in [0.4, 0.5) is 10.2 Å². The fraction of sp³-hybridized carbons (Fsp3) is 0.300. The highest BCUT2D eigenvalue weighted by atomic mass is 19.1. The zero-order chi connectivity index (χ0) is 12.0. The van der Waals surface area contributed by atoms with Crippen molar-refractivity contribution in [1.82, 2.24) is 19.5 Å². The Morgan fingerprint density at radius 2 is 2.29 bits per heavy atom. The lowest BCUT2D eigenvalue weighted by Gasteiger charge is -1.95. The summed E-state index contributed by atoms with van der Waals surface area (Å²) < 4.78 is 14.8. The van der Waals surface area contributed by atoms with Gasteiger partial charge >= 0.3 is 0 Å². The van der Waals surface area contributed by atoms with E-state index in [0.29, 0.717) is 22.6 Å². The molecule has 0 radical (unpaired) electrons. The van der Waals surface area contributed by atoms with Gasteiger partial charge in [0.05, 0.1) is 6.61 Å². The van der Waals surface area contributed by atoms with Gasteiger partial charge in [-0.15, -0.1) is 0 Å². The number of rotatable bonds is 2. The molecule has 1 unspecified atom stereocenters. The summed E-state index contributed by atoms with van der Waals surface area (Å²) >= 11 is 0. The van der Waals surface area contributed by atoms with Crippen LogP contribution in [0.1, 0.15) is 0 Å². The number of aliphatic hydroxyl groups excluding tert-OH is 1. The lowest BCUT2D eigenvalue weighted by atomic mass is 10.4. The Kier molecular flexibility index (Phi) is 2.08. The normalized spacial score (nSPS) is 25.6. The summed E-state index contributed by atoms with van der Waals surface area (Å²) in [6, 6.07) is 0. The van der Waals surface area contributed by atoms with E-state index in [4.69, 9.17) is 10.8 Å². The third kappa shape index (κ3) is 1.47. The molecule has 2 aromatic rings. The highest BCUT2D eigenvalue weighted by Gasteiger charge is 2.44. The highest BCUT2D eigenvalue weighted by Crippen LogP contribution is 2.41. The second-order valence-electron chi connectivity index (χ2n) is 3.90. The molecule has 2 heterocycles. The van der Waals surface area contributed by atoms with Gasteiger partial charge in [0.15, 0.2) is 17.0 Å². The van der Waals surface area contributed by atoms with Crippen LogP contribution in [0.3, 0.4) is 0 Å². The molecular weight excluding hydrogens is 225 g/mol. The minimum Gasteiger partial charge on any atom is -0.396 e. The van der Waals surface area contributed by atoms with Crippen LogP contribution in [0.25, 0.3) is 17.4 Å². The van der Waals surface area contributed by atoms with Crippen molar-refractivity contribution in [2.45, 2.75) is 6.17 Å². The summed E-state index contributed by atoms with van der Waals surface area (Å²) in [5.41, 5.74) is 7.20. The van der Waals surface area contributed by atoms with E-state index in [1.807, 2.05) is 0 Å². The number of imidazole rings is 1. The van der Waals surface area contributed by atoms with Crippen LogP contribution in [0, 0.1) is 5.92 Å². The first-order valence-electron chi connectivity index (χ1n) is 5.12. The number of hydrogen-bond donors (Lipinski definition) is 2. The molecule has 0 saturated heterocycles. The molecule has 1 aliphatic rings. The van der Waals surface area contributed by atoms with E-state index in [1.165, 1.54) is 12.7 Å². The number of alkyl halides is 1. The van der Waals surface area contributed by atoms with Crippen molar-refractivity contribution < 1.29 is 9.50 Å². The molecule has 3 rings (SSSR count). The Morgan fingerprint density at radius 1 is 1.47 bits per heavy atom. The van der Waals surface area contributed by atoms with Gasteiger partial charge in [-0.05, 0) is 5.57 Å². The number of halogens is 1. The van der Waals surface area contributed by atoms with Gasteiger partial charge in [-0.2, -0.15) is 0 Å². The predicted molar refractivity (Wildman–Crippen MR) is 59.5 cm³/mol. The number of fused-ring (bicyclic) bond motifs is 1. The van der Waals surface area contributed by atoms with Gasteiger partial charge in [-0.25, -0.2) is 19.3 Å². The van der Waals surface area contributed by atoms with E-state index in [2.05, 4.69) is 15.0 Å². The minimum absolute atomic E-state index is 0.184. The first-order valence-corrected chi connectivity index (χ1v) is 5.12.